The standard InChI is InChI=1S/C29H36BrN3O8/c1-8-16-14-29(16,26(35)38-7)32-25(34)19-12-17(15-33(19)27(36)41-28(3,4)5)40-21-13-22(39-9-2)31-24-18(21)10-11-20(37-6)23(24)30/h8,10-11,13,16-17,19H,1,9,12,14-15H2,2-7H3,(H,32,34)/t16-,17-,19+,29-/m1/s1. The first-order valence-electron chi connectivity index (χ1n) is 13.4. The summed E-state index contributed by atoms with van der Waals surface area (Å²) in [6, 6.07) is 4.34. The molecule has 2 aromatic rings. The highest BCUT2D eigenvalue weighted by Gasteiger charge is 2.62. The van der Waals surface area contributed by atoms with E-state index in [0.717, 1.165) is 0 Å². The summed E-state index contributed by atoms with van der Waals surface area (Å²) in [5, 5.41) is 3.52. The number of esters is 1. The molecule has 1 aromatic carbocycles. The molecule has 0 bridgehead atoms. The molecule has 2 heterocycles. The minimum absolute atomic E-state index is 0.0776. The number of ether oxygens (including phenoxy) is 5. The molecule has 12 heteroatoms. The number of amides is 2. The fourth-order valence-corrected chi connectivity index (χ4v) is 5.58. The molecule has 2 amide bonds. The number of nitrogens with zero attached hydrogens (tertiary/aromatic N) is 2. The van der Waals surface area contributed by atoms with Crippen LogP contribution >= 0.6 is 15.9 Å². The van der Waals surface area contributed by atoms with Crippen LogP contribution in [-0.4, -0.2) is 78.5 Å². The molecular weight excluding hydrogens is 598 g/mol. The van der Waals surface area contributed by atoms with Crippen molar-refractivity contribution in [3.63, 3.8) is 0 Å². The van der Waals surface area contributed by atoms with Crippen molar-refractivity contribution in [3.05, 3.63) is 35.3 Å². The molecule has 1 aliphatic carbocycles. The molecule has 2 aliphatic rings. The van der Waals surface area contributed by atoms with Crippen molar-refractivity contribution in [2.45, 2.75) is 63.8 Å². The zero-order valence-electron chi connectivity index (χ0n) is 24.1. The normalized spacial score (nSPS) is 23.5. The van der Waals surface area contributed by atoms with Gasteiger partial charge in [-0.15, -0.1) is 6.58 Å². The van der Waals surface area contributed by atoms with Crippen molar-refractivity contribution in [1.29, 1.82) is 0 Å². The third kappa shape index (κ3) is 6.22. The number of carbonyl (C=O) groups is 3. The van der Waals surface area contributed by atoms with Crippen LogP contribution in [0.4, 0.5) is 4.79 Å². The van der Waals surface area contributed by atoms with Crippen LogP contribution in [0.2, 0.25) is 0 Å². The lowest BCUT2D eigenvalue weighted by molar-refractivity contribution is -0.147. The Bertz CT molecular complexity index is 1360. The Kier molecular flexibility index (Phi) is 8.72. The third-order valence-corrected chi connectivity index (χ3v) is 7.78. The first kappa shape index (κ1) is 30.4. The van der Waals surface area contributed by atoms with Gasteiger partial charge in [0.1, 0.15) is 34.8 Å². The lowest BCUT2D eigenvalue weighted by Gasteiger charge is -2.28. The van der Waals surface area contributed by atoms with Gasteiger partial charge in [-0.1, -0.05) is 6.08 Å². The first-order chi connectivity index (χ1) is 19.4. The summed E-state index contributed by atoms with van der Waals surface area (Å²) < 4.78 is 28.7. The third-order valence-electron chi connectivity index (χ3n) is 7.02. The molecule has 11 nitrogen and oxygen atoms in total. The van der Waals surface area contributed by atoms with Crippen LogP contribution in [0, 0.1) is 5.92 Å². The molecule has 1 saturated carbocycles. The number of hydrogen-bond acceptors (Lipinski definition) is 9. The Morgan fingerprint density at radius 1 is 1.24 bits per heavy atom. The van der Waals surface area contributed by atoms with Gasteiger partial charge in [0.15, 0.2) is 0 Å². The molecule has 0 unspecified atom stereocenters. The van der Waals surface area contributed by atoms with Gasteiger partial charge in [-0.2, -0.15) is 0 Å². The Morgan fingerprint density at radius 2 is 1.98 bits per heavy atom. The zero-order valence-corrected chi connectivity index (χ0v) is 25.7. The monoisotopic (exact) mass is 633 g/mol. The van der Waals surface area contributed by atoms with Crippen molar-refractivity contribution in [2.75, 3.05) is 27.4 Å². The summed E-state index contributed by atoms with van der Waals surface area (Å²) >= 11 is 3.56. The highest BCUT2D eigenvalue weighted by Crippen LogP contribution is 2.46. The SMILES string of the molecule is C=C[C@@H]1C[C@]1(NC(=O)[C@@H]1C[C@@H](Oc2cc(OCC)nc3c(Br)c(OC)ccc23)CN1C(=O)OC(C)(C)C)C(=O)OC. The fourth-order valence-electron chi connectivity index (χ4n) is 4.98. The second-order valence-corrected chi connectivity index (χ2v) is 11.8. The van der Waals surface area contributed by atoms with Crippen LogP contribution in [0.3, 0.4) is 0 Å². The van der Waals surface area contributed by atoms with E-state index in [9.17, 15) is 14.4 Å². The van der Waals surface area contributed by atoms with E-state index < -0.39 is 41.3 Å². The van der Waals surface area contributed by atoms with Gasteiger partial charge >= 0.3 is 12.1 Å². The highest BCUT2D eigenvalue weighted by atomic mass is 79.9. The molecule has 222 valence electrons. The Balaban J connectivity index is 1.65. The predicted octanol–water partition coefficient (Wildman–Crippen LogP) is 4.40. The molecule has 2 fully saturated rings. The van der Waals surface area contributed by atoms with E-state index in [2.05, 4.69) is 32.8 Å². The maximum atomic E-state index is 13.6. The van der Waals surface area contributed by atoms with Gasteiger partial charge in [0.05, 0.1) is 37.4 Å². The summed E-state index contributed by atoms with van der Waals surface area (Å²) in [6.07, 6.45) is 0.902. The minimum atomic E-state index is -1.20. The van der Waals surface area contributed by atoms with Crippen molar-refractivity contribution in [3.8, 4) is 17.4 Å². The maximum Gasteiger partial charge on any atom is 0.411 e. The van der Waals surface area contributed by atoms with Crippen LogP contribution in [-0.2, 0) is 19.1 Å². The molecule has 41 heavy (non-hydrogen) atoms. The van der Waals surface area contributed by atoms with E-state index in [1.54, 1.807) is 46.1 Å². The zero-order chi connectivity index (χ0) is 30.1. The van der Waals surface area contributed by atoms with E-state index in [4.69, 9.17) is 23.7 Å². The van der Waals surface area contributed by atoms with Crippen LogP contribution in [0.15, 0.2) is 35.3 Å². The Labute approximate surface area is 247 Å². The summed E-state index contributed by atoms with van der Waals surface area (Å²) in [5.74, 6) is 0.0898. The molecule has 1 saturated heterocycles. The number of nitrogens with one attached hydrogen (secondary N) is 1. The number of likely N-dealkylation sites (tertiary alicyclic amines) is 1. The van der Waals surface area contributed by atoms with Crippen LogP contribution in [0.1, 0.15) is 40.5 Å². The van der Waals surface area contributed by atoms with Gasteiger partial charge < -0.3 is 29.0 Å². The van der Waals surface area contributed by atoms with E-state index >= 15 is 0 Å². The summed E-state index contributed by atoms with van der Waals surface area (Å²) in [4.78, 5) is 45.4. The Hall–Kier alpha value is -3.54. The van der Waals surface area contributed by atoms with Crippen LogP contribution < -0.4 is 19.5 Å². The minimum Gasteiger partial charge on any atom is -0.495 e. The molecule has 1 aromatic heterocycles. The number of carbonyl (C=O) groups excluding carboxylic acids is 3. The number of methoxy groups -OCH3 is 2. The van der Waals surface area contributed by atoms with Gasteiger partial charge in [0, 0.05) is 23.8 Å². The van der Waals surface area contributed by atoms with E-state index in [1.807, 2.05) is 13.0 Å². The van der Waals surface area contributed by atoms with E-state index in [1.165, 1.54) is 12.0 Å². The average Bonchev–Trinajstić information content (AvgIpc) is 3.46. The van der Waals surface area contributed by atoms with Crippen LogP contribution in [0.5, 0.6) is 17.4 Å². The second kappa shape index (κ2) is 11.8. The maximum absolute atomic E-state index is 13.6. The van der Waals surface area contributed by atoms with Crippen molar-refractivity contribution < 1.29 is 38.1 Å². The van der Waals surface area contributed by atoms with Gasteiger partial charge in [-0.05, 0) is 62.2 Å². The quantitative estimate of drug-likeness (QED) is 0.316. The Morgan fingerprint density at radius 3 is 2.56 bits per heavy atom. The summed E-state index contributed by atoms with van der Waals surface area (Å²) in [5.41, 5.74) is -1.41. The van der Waals surface area contributed by atoms with Gasteiger partial charge in [0.2, 0.25) is 11.8 Å². The number of hydrogen-bond donors (Lipinski definition) is 1. The molecule has 0 radical (unpaired) electrons. The first-order valence-corrected chi connectivity index (χ1v) is 14.2. The van der Waals surface area contributed by atoms with Gasteiger partial charge in [-0.3, -0.25) is 9.69 Å². The molecule has 0 spiro atoms. The molecule has 1 aliphatic heterocycles. The second-order valence-electron chi connectivity index (χ2n) is 11.0. The van der Waals surface area contributed by atoms with Gasteiger partial charge in [0.25, 0.3) is 0 Å². The summed E-state index contributed by atoms with van der Waals surface area (Å²) in [7, 11) is 2.83. The lowest BCUT2D eigenvalue weighted by Crippen LogP contribution is -2.53. The lowest BCUT2D eigenvalue weighted by atomic mass is 10.1. The van der Waals surface area contributed by atoms with Crippen molar-refractivity contribution in [2.24, 2.45) is 5.92 Å². The number of pyridine rings is 1. The number of benzene rings is 1. The van der Waals surface area contributed by atoms with Crippen molar-refractivity contribution >= 4 is 44.8 Å². The average molecular weight is 635 g/mol. The predicted molar refractivity (Wildman–Crippen MR) is 154 cm³/mol. The number of aromatic nitrogens is 1. The van der Waals surface area contributed by atoms with Gasteiger partial charge in [-0.25, -0.2) is 14.6 Å². The topological polar surface area (TPSA) is 126 Å². The van der Waals surface area contributed by atoms with Crippen LogP contribution in [0.25, 0.3) is 10.9 Å². The molecular formula is C29H36BrN3O8. The summed E-state index contributed by atoms with van der Waals surface area (Å²) in [6.45, 7) is 11.3. The largest absolute Gasteiger partial charge is 0.495 e. The van der Waals surface area contributed by atoms with Crippen molar-refractivity contribution in [1.82, 2.24) is 15.2 Å². The molecule has 4 atom stereocenters. The molecule has 1 N–H and O–H groups in total. The molecule has 4 rings (SSSR count). The number of fused-ring (bicyclic) bond motifs is 1. The number of halogens is 1. The van der Waals surface area contributed by atoms with E-state index in [-0.39, 0.29) is 18.9 Å². The smallest absolute Gasteiger partial charge is 0.411 e. The number of rotatable bonds is 9. The fraction of sp³-hybridized carbons (Fsp3) is 0.517. The highest BCUT2D eigenvalue weighted by molar-refractivity contribution is 9.10. The van der Waals surface area contributed by atoms with E-state index in [0.29, 0.717) is 45.8 Å².